The first-order chi connectivity index (χ1) is 30.7. The van der Waals surface area contributed by atoms with E-state index in [0.29, 0.717) is 0 Å². The van der Waals surface area contributed by atoms with Crippen molar-refractivity contribution in [1.82, 2.24) is 0 Å². The first kappa shape index (κ1) is 36.7. The highest BCUT2D eigenvalue weighted by Gasteiger charge is 2.46. The maximum atomic E-state index is 2.61. The van der Waals surface area contributed by atoms with Gasteiger partial charge in [-0.3, -0.25) is 0 Å². The molecule has 3 heteroatoms. The second kappa shape index (κ2) is 15.1. The molecule has 5 aliphatic rings. The molecule has 0 unspecified atom stereocenters. The van der Waals surface area contributed by atoms with Gasteiger partial charge in [0.2, 0.25) is 0 Å². The van der Waals surface area contributed by atoms with Crippen molar-refractivity contribution in [1.29, 1.82) is 0 Å². The van der Waals surface area contributed by atoms with Gasteiger partial charge in [0.1, 0.15) is 0 Å². The molecule has 7 aromatic rings. The average Bonchev–Trinajstić information content (AvgIpc) is 3.85. The molecule has 3 nitrogen and oxygen atoms in total. The second-order valence-electron chi connectivity index (χ2n) is 17.5. The number of allylic oxidation sites excluding steroid dienone is 4. The fraction of sp³-hybridized carbons (Fsp3) is 0.153. The smallest absolute Gasteiger partial charge is 0.0703 e. The fourth-order valence-corrected chi connectivity index (χ4v) is 11.2. The molecule has 0 N–H and O–H groups in total. The quantitative estimate of drug-likeness (QED) is 0.155. The number of benzene rings is 7. The van der Waals surface area contributed by atoms with Gasteiger partial charge in [-0.1, -0.05) is 165 Å². The molecule has 0 radical (unpaired) electrons. The van der Waals surface area contributed by atoms with Gasteiger partial charge >= 0.3 is 0 Å². The number of fused-ring (bicyclic) bond motifs is 7. The van der Waals surface area contributed by atoms with Crippen LogP contribution in [0.25, 0.3) is 28.9 Å². The molecule has 1 fully saturated rings. The van der Waals surface area contributed by atoms with Crippen molar-refractivity contribution in [2.75, 3.05) is 21.2 Å². The van der Waals surface area contributed by atoms with Gasteiger partial charge < -0.3 is 14.7 Å². The first-order valence-electron chi connectivity index (χ1n) is 22.5. The van der Waals surface area contributed by atoms with Gasteiger partial charge in [0, 0.05) is 29.0 Å². The minimum atomic E-state index is 0.116. The molecule has 0 saturated heterocycles. The highest BCUT2D eigenvalue weighted by atomic mass is 15.3. The molecule has 1 atom stereocenters. The van der Waals surface area contributed by atoms with E-state index in [2.05, 4.69) is 221 Å². The van der Waals surface area contributed by atoms with Crippen LogP contribution in [0.1, 0.15) is 59.9 Å². The highest BCUT2D eigenvalue weighted by Crippen LogP contribution is 2.57. The molecule has 12 rings (SSSR count). The summed E-state index contributed by atoms with van der Waals surface area (Å²) < 4.78 is 0. The zero-order valence-electron chi connectivity index (χ0n) is 35.0. The van der Waals surface area contributed by atoms with Crippen LogP contribution < -0.4 is 14.7 Å². The Morgan fingerprint density at radius 2 is 1.03 bits per heavy atom. The molecule has 300 valence electrons. The molecule has 62 heavy (non-hydrogen) atoms. The summed E-state index contributed by atoms with van der Waals surface area (Å²) in [6.45, 7) is 1.11. The SMILES string of the molecule is C1=C[C@H](N2CCCc3ccccc32)C=CC2=C1c1ccc(/C=C/c3ccc(-c4ccc(N5c6ccccc6N(c6ccccc6)c6ccccc65)cc4)cc3)cc1C21CCCC1. The van der Waals surface area contributed by atoms with Crippen LogP contribution in [-0.2, 0) is 11.8 Å². The number of para-hydroxylation sites is 6. The molecule has 0 bridgehead atoms. The van der Waals surface area contributed by atoms with Crippen LogP contribution in [0.4, 0.5) is 39.8 Å². The molecule has 1 saturated carbocycles. The summed E-state index contributed by atoms with van der Waals surface area (Å²) in [5.41, 5.74) is 20.8. The third kappa shape index (κ3) is 6.10. The summed E-state index contributed by atoms with van der Waals surface area (Å²) in [5, 5.41) is 0. The lowest BCUT2D eigenvalue weighted by molar-refractivity contribution is 0.544. The highest BCUT2D eigenvalue weighted by molar-refractivity contribution is 6.01. The lowest BCUT2D eigenvalue weighted by Gasteiger charge is -2.40. The van der Waals surface area contributed by atoms with E-state index in [1.54, 1.807) is 5.57 Å². The third-order valence-electron chi connectivity index (χ3n) is 14.1. The topological polar surface area (TPSA) is 9.72 Å². The predicted octanol–water partition coefficient (Wildman–Crippen LogP) is 15.3. The summed E-state index contributed by atoms with van der Waals surface area (Å²) in [6, 6.07) is 62.6. The van der Waals surface area contributed by atoms with Crippen molar-refractivity contribution in [3.05, 3.63) is 228 Å². The van der Waals surface area contributed by atoms with Crippen molar-refractivity contribution in [2.45, 2.75) is 50.0 Å². The molecular weight excluding hydrogens is 751 g/mol. The van der Waals surface area contributed by atoms with Gasteiger partial charge in [0.15, 0.2) is 0 Å². The third-order valence-corrected chi connectivity index (χ3v) is 14.1. The van der Waals surface area contributed by atoms with E-state index in [-0.39, 0.29) is 11.5 Å². The summed E-state index contributed by atoms with van der Waals surface area (Å²) in [7, 11) is 0. The van der Waals surface area contributed by atoms with Crippen LogP contribution in [0, 0.1) is 0 Å². The van der Waals surface area contributed by atoms with E-state index in [9.17, 15) is 0 Å². The Bertz CT molecular complexity index is 2900. The largest absolute Gasteiger partial charge is 0.361 e. The van der Waals surface area contributed by atoms with Crippen LogP contribution in [0.5, 0.6) is 0 Å². The van der Waals surface area contributed by atoms with Crippen LogP contribution in [0.3, 0.4) is 0 Å². The number of hydrogen-bond acceptors (Lipinski definition) is 3. The maximum absolute atomic E-state index is 2.61. The van der Waals surface area contributed by atoms with E-state index < -0.39 is 0 Å². The molecule has 3 aliphatic carbocycles. The second-order valence-corrected chi connectivity index (χ2v) is 17.5. The Kier molecular flexibility index (Phi) is 8.95. The molecule has 7 aromatic carbocycles. The molecule has 2 aliphatic heterocycles. The lowest BCUT2D eigenvalue weighted by Crippen LogP contribution is -2.36. The number of aryl methyl sites for hydroxylation is 1. The number of nitrogens with zero attached hydrogens (tertiary/aromatic N) is 3. The molecule has 2 heterocycles. The molecular formula is C59H49N3. The monoisotopic (exact) mass is 799 g/mol. The Balaban J connectivity index is 0.782. The standard InChI is InChI=1S/C59H49N3/c1-2-15-48(16-3-1)61-55-18-6-8-20-57(55)62(58-21-9-7-19-56(58)61)49-31-29-45(30-32-49)44-27-24-42(25-28-44)22-23-43-26-35-51-50-36-33-47(60-40-12-14-46-13-4-5-17-54(46)60)34-37-52(50)59(53(51)41-43)38-10-11-39-59/h1-9,13,15-37,41,47H,10-12,14,38-40H2/b23-22+/t47-/m0/s1. The van der Waals surface area contributed by atoms with Crippen molar-refractivity contribution >= 4 is 57.5 Å². The van der Waals surface area contributed by atoms with Crippen LogP contribution in [0.15, 0.2) is 200 Å². The minimum absolute atomic E-state index is 0.116. The van der Waals surface area contributed by atoms with Gasteiger partial charge in [-0.15, -0.1) is 0 Å². The number of hydrogen-bond donors (Lipinski definition) is 0. The van der Waals surface area contributed by atoms with Crippen molar-refractivity contribution in [3.63, 3.8) is 0 Å². The number of rotatable bonds is 6. The summed E-state index contributed by atoms with van der Waals surface area (Å²) in [4.78, 5) is 7.37. The minimum Gasteiger partial charge on any atom is -0.361 e. The summed E-state index contributed by atoms with van der Waals surface area (Å²) >= 11 is 0. The van der Waals surface area contributed by atoms with Gasteiger partial charge in [-0.2, -0.15) is 0 Å². The maximum Gasteiger partial charge on any atom is 0.0703 e. The summed E-state index contributed by atoms with van der Waals surface area (Å²) in [6.07, 6.45) is 21.9. The van der Waals surface area contributed by atoms with E-state index in [1.165, 1.54) is 88.7 Å². The van der Waals surface area contributed by atoms with Gasteiger partial charge in [0.25, 0.3) is 0 Å². The zero-order valence-corrected chi connectivity index (χ0v) is 35.0. The van der Waals surface area contributed by atoms with Crippen LogP contribution in [-0.4, -0.2) is 12.6 Å². The average molecular weight is 800 g/mol. The summed E-state index contributed by atoms with van der Waals surface area (Å²) in [5.74, 6) is 0. The number of anilines is 7. The lowest BCUT2D eigenvalue weighted by atomic mass is 9.75. The Morgan fingerprint density at radius 3 is 1.71 bits per heavy atom. The van der Waals surface area contributed by atoms with Crippen molar-refractivity contribution in [2.24, 2.45) is 0 Å². The van der Waals surface area contributed by atoms with E-state index in [1.807, 2.05) is 0 Å². The Morgan fingerprint density at radius 1 is 0.484 bits per heavy atom. The van der Waals surface area contributed by atoms with Crippen molar-refractivity contribution < 1.29 is 0 Å². The van der Waals surface area contributed by atoms with Crippen molar-refractivity contribution in [3.8, 4) is 11.1 Å². The first-order valence-corrected chi connectivity index (χ1v) is 22.5. The van der Waals surface area contributed by atoms with Gasteiger partial charge in [-0.05, 0) is 130 Å². The van der Waals surface area contributed by atoms with Gasteiger partial charge in [0.05, 0.1) is 28.8 Å². The van der Waals surface area contributed by atoms with E-state index >= 15 is 0 Å². The van der Waals surface area contributed by atoms with Crippen LogP contribution in [0.2, 0.25) is 0 Å². The van der Waals surface area contributed by atoms with E-state index in [4.69, 9.17) is 0 Å². The normalized spacial score (nSPS) is 18.1. The van der Waals surface area contributed by atoms with E-state index in [0.717, 1.165) is 40.7 Å². The Hall–Kier alpha value is -7.10. The molecule has 0 aromatic heterocycles. The molecule has 0 amide bonds. The fourth-order valence-electron chi connectivity index (χ4n) is 11.2. The molecule has 1 spiro atoms. The predicted molar refractivity (Wildman–Crippen MR) is 261 cm³/mol. The van der Waals surface area contributed by atoms with Crippen LogP contribution >= 0.6 is 0 Å². The zero-order chi connectivity index (χ0) is 41.0. The Labute approximate surface area is 365 Å². The van der Waals surface area contributed by atoms with Gasteiger partial charge in [-0.25, -0.2) is 0 Å².